The summed E-state index contributed by atoms with van der Waals surface area (Å²) in [6.07, 6.45) is 8.00. The first kappa shape index (κ1) is 54.9. The number of fused-ring (bicyclic) bond motifs is 2. The number of carboxylic acid groups (broad SMARTS) is 1. The number of piperidine rings is 2. The minimum absolute atomic E-state index is 0. The summed E-state index contributed by atoms with van der Waals surface area (Å²) in [7, 11) is 0. The maximum Gasteiger partial charge on any atom is 0.310 e. The number of aliphatic carboxylic acids is 1. The maximum absolute atomic E-state index is 14.4. The molecule has 0 bridgehead atoms. The van der Waals surface area contributed by atoms with E-state index >= 15 is 0 Å². The van der Waals surface area contributed by atoms with Gasteiger partial charge in [0.05, 0.1) is 70.0 Å². The summed E-state index contributed by atoms with van der Waals surface area (Å²) in [5, 5.41) is 17.8. The molecular formula is C56H62F4N8O5. The minimum Gasteiger partial charge on any atom is -0.481 e. The molecule has 4 aromatic carbocycles. The molecule has 6 aromatic rings. The fourth-order valence-corrected chi connectivity index (χ4v) is 9.02. The van der Waals surface area contributed by atoms with Gasteiger partial charge in [0.15, 0.2) is 11.6 Å². The number of nitrogens with zero attached hydrogens (tertiary/aromatic N) is 5. The van der Waals surface area contributed by atoms with E-state index in [1.165, 1.54) is 50.9 Å². The highest BCUT2D eigenvalue weighted by Gasteiger charge is 2.30. The quantitative estimate of drug-likeness (QED) is 0.0966. The predicted octanol–water partition coefficient (Wildman–Crippen LogP) is 9.85. The van der Waals surface area contributed by atoms with Crippen LogP contribution in [0.3, 0.4) is 0 Å². The van der Waals surface area contributed by atoms with E-state index in [4.69, 9.17) is 5.11 Å². The summed E-state index contributed by atoms with van der Waals surface area (Å²) >= 11 is 0. The average Bonchev–Trinajstić information content (AvgIpc) is 3.96. The van der Waals surface area contributed by atoms with Gasteiger partial charge in [-0.25, -0.2) is 37.5 Å². The Kier molecular flexibility index (Phi) is 18.7. The zero-order valence-corrected chi connectivity index (χ0v) is 39.5. The van der Waals surface area contributed by atoms with Gasteiger partial charge in [0.2, 0.25) is 5.91 Å². The van der Waals surface area contributed by atoms with E-state index in [1.54, 1.807) is 31.2 Å². The van der Waals surface area contributed by atoms with E-state index in [0.29, 0.717) is 39.5 Å². The van der Waals surface area contributed by atoms with Gasteiger partial charge in [-0.15, -0.1) is 0 Å². The molecule has 384 valence electrons. The molecule has 4 aliphatic heterocycles. The number of carbonyl (C=O) groups is 4. The van der Waals surface area contributed by atoms with Crippen molar-refractivity contribution in [2.45, 2.75) is 105 Å². The van der Waals surface area contributed by atoms with Gasteiger partial charge in [-0.1, -0.05) is 81.9 Å². The van der Waals surface area contributed by atoms with E-state index in [2.05, 4.69) is 35.9 Å². The number of aromatic nitrogens is 4. The van der Waals surface area contributed by atoms with E-state index in [9.17, 15) is 36.7 Å². The molecule has 0 spiro atoms. The lowest BCUT2D eigenvalue weighted by Gasteiger charge is -2.29. The number of likely N-dealkylation sites (tertiary alicyclic amines) is 1. The standard InChI is InChI=1S/C27H26F2N4O2.C22H17F2N3O3.C5H11N.2CH4/c1-16(27(35)33-12-3-2-4-13-33)18-10-8-17(9-11-18)14-21-24-22(15-30-26(24)34)32-25(31-21)23-19(28)6-5-7-20(23)29;1-11(22(29)30)13-7-5-12(6-8-13)9-16-19-17(10-25-21(19)28)27-20(26-16)18-14(23)3-2-4-15(18)24;1-2-4-6-5-3-1;;/h5-11,16H,2-4,12-15H2,1H3,(H,30,34);2-8,11H,9-10H2,1H3,(H,25,28)(H,29,30);6H,1-5H2;2*1H4. The van der Waals surface area contributed by atoms with Crippen LogP contribution in [-0.2, 0) is 35.5 Å². The van der Waals surface area contributed by atoms with Gasteiger partial charge in [0, 0.05) is 25.9 Å². The van der Waals surface area contributed by atoms with Gasteiger partial charge >= 0.3 is 5.97 Å². The van der Waals surface area contributed by atoms with Crippen molar-refractivity contribution in [2.75, 3.05) is 26.2 Å². The van der Waals surface area contributed by atoms with Crippen molar-refractivity contribution >= 4 is 23.7 Å². The summed E-state index contributed by atoms with van der Waals surface area (Å²) in [4.78, 5) is 67.9. The molecule has 2 fully saturated rings. The fraction of sp³-hybridized carbons (Fsp3) is 0.357. The third-order valence-corrected chi connectivity index (χ3v) is 13.1. The minimum atomic E-state index is -0.926. The lowest BCUT2D eigenvalue weighted by atomic mass is 9.96. The van der Waals surface area contributed by atoms with Crippen molar-refractivity contribution in [1.82, 2.24) is 40.8 Å². The topological polar surface area (TPSA) is 179 Å². The molecule has 2 saturated heterocycles. The zero-order chi connectivity index (χ0) is 50.2. The Labute approximate surface area is 423 Å². The zero-order valence-electron chi connectivity index (χ0n) is 39.5. The van der Waals surface area contributed by atoms with Crippen LogP contribution >= 0.6 is 0 Å². The highest BCUT2D eigenvalue weighted by molar-refractivity contribution is 5.99. The Morgan fingerprint density at radius 1 is 0.562 bits per heavy atom. The van der Waals surface area contributed by atoms with Crippen molar-refractivity contribution in [2.24, 2.45) is 0 Å². The largest absolute Gasteiger partial charge is 0.481 e. The van der Waals surface area contributed by atoms with Crippen molar-refractivity contribution < 1.29 is 41.8 Å². The fourth-order valence-electron chi connectivity index (χ4n) is 9.02. The van der Waals surface area contributed by atoms with Gasteiger partial charge in [0.25, 0.3) is 11.8 Å². The molecule has 2 aromatic heterocycles. The van der Waals surface area contributed by atoms with Gasteiger partial charge in [-0.3, -0.25) is 19.2 Å². The van der Waals surface area contributed by atoms with E-state index in [1.807, 2.05) is 36.1 Å². The van der Waals surface area contributed by atoms with Crippen LogP contribution in [0, 0.1) is 23.3 Å². The molecule has 3 amide bonds. The first-order chi connectivity index (χ1) is 34.3. The van der Waals surface area contributed by atoms with Gasteiger partial charge in [0.1, 0.15) is 23.3 Å². The molecule has 4 N–H and O–H groups in total. The lowest BCUT2D eigenvalue weighted by molar-refractivity contribution is -0.138. The number of rotatable bonds is 10. The molecule has 0 radical (unpaired) electrons. The highest BCUT2D eigenvalue weighted by atomic mass is 19.1. The van der Waals surface area contributed by atoms with E-state index in [0.717, 1.165) is 66.9 Å². The molecule has 73 heavy (non-hydrogen) atoms. The highest BCUT2D eigenvalue weighted by Crippen LogP contribution is 2.31. The SMILES string of the molecule is C.C.C1CCNCC1.CC(C(=O)N1CCCCC1)c1ccc(Cc2nc(-c3c(F)cccc3F)nc3c2C(=O)NC3)cc1.CC(C(=O)O)c1ccc(Cc2nc(-c3c(F)cccc3F)nc3c2C(=O)NC3)cc1. The van der Waals surface area contributed by atoms with Crippen LogP contribution in [0.25, 0.3) is 22.8 Å². The van der Waals surface area contributed by atoms with Crippen molar-refractivity contribution in [3.8, 4) is 22.8 Å². The Balaban J connectivity index is 0.000000210. The number of amides is 3. The van der Waals surface area contributed by atoms with Crippen LogP contribution in [0.4, 0.5) is 17.6 Å². The first-order valence-corrected chi connectivity index (χ1v) is 23.9. The van der Waals surface area contributed by atoms with Crippen LogP contribution in [0.1, 0.15) is 145 Å². The Bertz CT molecular complexity index is 2890. The van der Waals surface area contributed by atoms with E-state index < -0.39 is 35.2 Å². The molecule has 10 rings (SSSR count). The molecule has 2 unspecified atom stereocenters. The Morgan fingerprint density at radius 2 is 0.959 bits per heavy atom. The molecular weight excluding hydrogens is 941 g/mol. The van der Waals surface area contributed by atoms with Crippen LogP contribution in [-0.4, -0.2) is 79.8 Å². The van der Waals surface area contributed by atoms with Gasteiger partial charge in [-0.05, 0) is 106 Å². The van der Waals surface area contributed by atoms with Crippen molar-refractivity contribution in [1.29, 1.82) is 0 Å². The molecule has 13 nitrogen and oxygen atoms in total. The number of nitrogens with one attached hydrogen (secondary N) is 3. The second kappa shape index (κ2) is 24.8. The number of carboxylic acids is 1. The summed E-state index contributed by atoms with van der Waals surface area (Å²) < 4.78 is 57.3. The first-order valence-electron chi connectivity index (χ1n) is 23.9. The van der Waals surface area contributed by atoms with Crippen LogP contribution in [0.2, 0.25) is 0 Å². The third-order valence-electron chi connectivity index (χ3n) is 13.1. The average molecular weight is 1000 g/mol. The summed E-state index contributed by atoms with van der Waals surface area (Å²) in [5.74, 6) is -5.61. The van der Waals surface area contributed by atoms with Gasteiger partial charge in [-0.2, -0.15) is 0 Å². The Morgan fingerprint density at radius 3 is 1.33 bits per heavy atom. The number of benzene rings is 4. The molecule has 17 heteroatoms. The Hall–Kier alpha value is -7.40. The monoisotopic (exact) mass is 1000 g/mol. The summed E-state index contributed by atoms with van der Waals surface area (Å²) in [6.45, 7) is 7.97. The van der Waals surface area contributed by atoms with Crippen LogP contribution in [0.15, 0.2) is 84.9 Å². The summed E-state index contributed by atoms with van der Waals surface area (Å²) in [6, 6.07) is 21.6. The van der Waals surface area contributed by atoms with Crippen molar-refractivity contribution in [3.63, 3.8) is 0 Å². The second-order valence-corrected chi connectivity index (χ2v) is 18.0. The summed E-state index contributed by atoms with van der Waals surface area (Å²) in [5.41, 5.74) is 4.79. The normalized spacial score (nSPS) is 15.3. The number of carbonyl (C=O) groups excluding carboxylic acids is 3. The van der Waals surface area contributed by atoms with Crippen LogP contribution in [0.5, 0.6) is 0 Å². The van der Waals surface area contributed by atoms with Gasteiger partial charge < -0.3 is 26.0 Å². The maximum atomic E-state index is 14.4. The molecule has 2 atom stereocenters. The predicted molar refractivity (Wildman–Crippen MR) is 271 cm³/mol. The van der Waals surface area contributed by atoms with Crippen LogP contribution < -0.4 is 16.0 Å². The molecule has 0 saturated carbocycles. The lowest BCUT2D eigenvalue weighted by Crippen LogP contribution is -2.38. The van der Waals surface area contributed by atoms with E-state index in [-0.39, 0.29) is 87.2 Å². The molecule has 4 aliphatic rings. The third kappa shape index (κ3) is 12.8. The smallest absolute Gasteiger partial charge is 0.310 e. The number of hydrogen-bond donors (Lipinski definition) is 4. The second-order valence-electron chi connectivity index (χ2n) is 18.0. The van der Waals surface area contributed by atoms with Crippen molar-refractivity contribution in [3.05, 3.63) is 164 Å². The number of hydrogen-bond acceptors (Lipinski definition) is 9. The molecule has 6 heterocycles. The molecule has 0 aliphatic carbocycles. The number of halogens is 4.